The van der Waals surface area contributed by atoms with E-state index in [0.717, 1.165) is 50.2 Å². The molecule has 0 N–H and O–H groups in total. The van der Waals surface area contributed by atoms with Crippen LogP contribution in [0.2, 0.25) is 0 Å². The van der Waals surface area contributed by atoms with Crippen molar-refractivity contribution in [2.24, 2.45) is 13.0 Å². The van der Waals surface area contributed by atoms with E-state index in [1.807, 2.05) is 48.3 Å². The largest absolute Gasteiger partial charge is 0.342 e. The lowest BCUT2D eigenvalue weighted by Gasteiger charge is -2.40. The van der Waals surface area contributed by atoms with Crippen LogP contribution in [-0.2, 0) is 24.8 Å². The molecule has 0 saturated carbocycles. The molecule has 7 heteroatoms. The smallest absolute Gasteiger partial charge is 0.223 e. The van der Waals surface area contributed by atoms with Crippen LogP contribution in [0.15, 0.2) is 30.5 Å². The quantitative estimate of drug-likeness (QED) is 0.586. The van der Waals surface area contributed by atoms with Gasteiger partial charge in [0.15, 0.2) is 0 Å². The molecule has 1 atom stereocenters. The lowest BCUT2D eigenvalue weighted by Crippen LogP contribution is -2.47. The van der Waals surface area contributed by atoms with E-state index in [1.165, 1.54) is 23.4 Å². The van der Waals surface area contributed by atoms with Crippen LogP contribution >= 0.6 is 11.8 Å². The van der Waals surface area contributed by atoms with Crippen molar-refractivity contribution in [3.05, 3.63) is 53.1 Å². The monoisotopic (exact) mass is 446 g/mol. The van der Waals surface area contributed by atoms with Crippen molar-refractivity contribution in [3.8, 4) is 0 Å². The van der Waals surface area contributed by atoms with Gasteiger partial charge < -0.3 is 4.90 Å². The van der Waals surface area contributed by atoms with E-state index >= 15 is 0 Å². The molecular weight excluding hydrogens is 411 g/mol. The van der Waals surface area contributed by atoms with Crippen molar-refractivity contribution in [2.75, 3.05) is 32.1 Å². The summed E-state index contributed by atoms with van der Waals surface area (Å²) in [7, 11) is 3.93. The molecule has 5 nitrogen and oxygen atoms in total. The van der Waals surface area contributed by atoms with Crippen molar-refractivity contribution in [2.45, 2.75) is 45.2 Å². The topological polar surface area (TPSA) is 41.4 Å². The highest BCUT2D eigenvalue weighted by Gasteiger charge is 2.31. The van der Waals surface area contributed by atoms with Crippen LogP contribution in [0.1, 0.15) is 36.1 Å². The number of nitrogens with zero attached hydrogens (tertiary/aromatic N) is 4. The normalized spacial score (nSPS) is 16.4. The zero-order valence-electron chi connectivity index (χ0n) is 19.2. The van der Waals surface area contributed by atoms with Crippen molar-refractivity contribution < 1.29 is 9.18 Å². The first-order valence-corrected chi connectivity index (χ1v) is 12.5. The van der Waals surface area contributed by atoms with Gasteiger partial charge in [-0.3, -0.25) is 14.4 Å². The molecule has 0 spiro atoms. The van der Waals surface area contributed by atoms with E-state index in [1.54, 1.807) is 11.8 Å². The van der Waals surface area contributed by atoms with Gasteiger partial charge in [0.2, 0.25) is 5.91 Å². The lowest BCUT2D eigenvalue weighted by atomic mass is 9.84. The first-order chi connectivity index (χ1) is 14.9. The Balaban J connectivity index is 1.66. The summed E-state index contributed by atoms with van der Waals surface area (Å²) in [5.74, 6) is 1.27. The average molecular weight is 447 g/mol. The minimum Gasteiger partial charge on any atom is -0.342 e. The van der Waals surface area contributed by atoms with Gasteiger partial charge in [0.1, 0.15) is 5.82 Å². The number of rotatable bonds is 9. The Hall–Kier alpha value is -1.86. The summed E-state index contributed by atoms with van der Waals surface area (Å²) >= 11 is 1.70. The summed E-state index contributed by atoms with van der Waals surface area (Å²) in [6, 6.07) is 6.87. The summed E-state index contributed by atoms with van der Waals surface area (Å²) in [5, 5.41) is 4.36. The molecule has 1 saturated heterocycles. The number of aromatic nitrogens is 2. The van der Waals surface area contributed by atoms with Crippen molar-refractivity contribution in [1.82, 2.24) is 19.6 Å². The fourth-order valence-electron chi connectivity index (χ4n) is 4.47. The van der Waals surface area contributed by atoms with E-state index in [2.05, 4.69) is 16.9 Å². The number of aryl methyl sites for hydroxylation is 1. The molecule has 170 valence electrons. The predicted octanol–water partition coefficient (Wildman–Crippen LogP) is 3.90. The molecule has 1 fully saturated rings. The van der Waals surface area contributed by atoms with E-state index in [9.17, 15) is 9.18 Å². The molecule has 1 aromatic heterocycles. The highest BCUT2D eigenvalue weighted by molar-refractivity contribution is 7.98. The van der Waals surface area contributed by atoms with Gasteiger partial charge in [-0.1, -0.05) is 12.1 Å². The van der Waals surface area contributed by atoms with E-state index < -0.39 is 0 Å². The third-order valence-corrected chi connectivity index (χ3v) is 7.29. The standard InChI is InChI=1S/C24H35FN4OS/c1-18-21(16-26-28(18)3)17-29-12-9-20(10-13-29)23(27(2)24(30)11-14-31-4)15-19-5-7-22(25)8-6-19/h5-8,16,20,23H,9-15,17H2,1-4H3. The van der Waals surface area contributed by atoms with Gasteiger partial charge in [0, 0.05) is 50.1 Å². The second-order valence-corrected chi connectivity index (χ2v) is 9.62. The molecule has 31 heavy (non-hydrogen) atoms. The third kappa shape index (κ3) is 6.32. The summed E-state index contributed by atoms with van der Waals surface area (Å²) in [6.45, 7) is 5.08. The van der Waals surface area contributed by atoms with Gasteiger partial charge in [-0.2, -0.15) is 16.9 Å². The number of carbonyl (C=O) groups excluding carboxylic acids is 1. The van der Waals surface area contributed by atoms with Crippen molar-refractivity contribution in [3.63, 3.8) is 0 Å². The second kappa shape index (κ2) is 11.1. The number of likely N-dealkylation sites (N-methyl/N-ethyl adjacent to an activating group) is 1. The SMILES string of the molecule is CSCCC(=O)N(C)C(Cc1ccc(F)cc1)C1CCN(Cc2cnn(C)c2C)CC1. The van der Waals surface area contributed by atoms with E-state index in [4.69, 9.17) is 0 Å². The van der Waals surface area contributed by atoms with E-state index in [-0.39, 0.29) is 17.8 Å². The minimum absolute atomic E-state index is 0.141. The maximum Gasteiger partial charge on any atom is 0.223 e. The van der Waals surface area contributed by atoms with Crippen LogP contribution < -0.4 is 0 Å². The lowest BCUT2D eigenvalue weighted by molar-refractivity contribution is -0.133. The fraction of sp³-hybridized carbons (Fsp3) is 0.583. The average Bonchev–Trinajstić information content (AvgIpc) is 3.09. The van der Waals surface area contributed by atoms with Crippen molar-refractivity contribution in [1.29, 1.82) is 0 Å². The molecule has 1 unspecified atom stereocenters. The first kappa shape index (κ1) is 23.8. The van der Waals surface area contributed by atoms with Crippen LogP contribution in [0.25, 0.3) is 0 Å². The molecular formula is C24H35FN4OS. The van der Waals surface area contributed by atoms with Crippen LogP contribution in [0.3, 0.4) is 0 Å². The number of hydrogen-bond acceptors (Lipinski definition) is 4. The zero-order chi connectivity index (χ0) is 22.4. The van der Waals surface area contributed by atoms with Crippen LogP contribution in [0, 0.1) is 18.7 Å². The predicted molar refractivity (Wildman–Crippen MR) is 126 cm³/mol. The number of halogens is 1. The van der Waals surface area contributed by atoms with Crippen LogP contribution in [0.5, 0.6) is 0 Å². The molecule has 2 heterocycles. The second-order valence-electron chi connectivity index (χ2n) is 8.64. The number of hydrogen-bond donors (Lipinski definition) is 0. The molecule has 1 aliphatic heterocycles. The minimum atomic E-state index is -0.219. The molecule has 3 rings (SSSR count). The first-order valence-electron chi connectivity index (χ1n) is 11.1. The van der Waals surface area contributed by atoms with Gasteiger partial charge in [-0.25, -0.2) is 4.39 Å². The molecule has 1 aliphatic rings. The number of benzene rings is 1. The van der Waals surface area contributed by atoms with Gasteiger partial charge in [-0.15, -0.1) is 0 Å². The number of likely N-dealkylation sites (tertiary alicyclic amines) is 1. The Morgan fingerprint density at radius 3 is 2.55 bits per heavy atom. The van der Waals surface area contributed by atoms with Crippen molar-refractivity contribution >= 4 is 17.7 Å². The van der Waals surface area contributed by atoms with Gasteiger partial charge in [0.05, 0.1) is 6.20 Å². The number of piperidine rings is 1. The van der Waals surface area contributed by atoms with Gasteiger partial charge in [0.25, 0.3) is 0 Å². The van der Waals surface area contributed by atoms with Crippen LogP contribution in [-0.4, -0.2) is 63.7 Å². The summed E-state index contributed by atoms with van der Waals surface area (Å²) in [5.41, 5.74) is 3.59. The maximum absolute atomic E-state index is 13.4. The Morgan fingerprint density at radius 1 is 1.29 bits per heavy atom. The molecule has 0 bridgehead atoms. The highest BCUT2D eigenvalue weighted by Crippen LogP contribution is 2.28. The highest BCUT2D eigenvalue weighted by atomic mass is 32.2. The molecule has 2 aromatic rings. The summed E-state index contributed by atoms with van der Waals surface area (Å²) in [6.07, 6.45) is 7.46. The van der Waals surface area contributed by atoms with Gasteiger partial charge in [-0.05, 0) is 69.1 Å². The Morgan fingerprint density at radius 2 is 1.97 bits per heavy atom. The van der Waals surface area contributed by atoms with Gasteiger partial charge >= 0.3 is 0 Å². The number of thioether (sulfide) groups is 1. The fourth-order valence-corrected chi connectivity index (χ4v) is 4.85. The Kier molecular flexibility index (Phi) is 8.55. The maximum atomic E-state index is 13.4. The zero-order valence-corrected chi connectivity index (χ0v) is 20.0. The number of carbonyl (C=O) groups is 1. The molecule has 1 aromatic carbocycles. The Labute approximate surface area is 190 Å². The van der Waals surface area contributed by atoms with E-state index in [0.29, 0.717) is 12.3 Å². The number of amides is 1. The van der Waals surface area contributed by atoms with Crippen LogP contribution in [0.4, 0.5) is 4.39 Å². The molecule has 0 aliphatic carbocycles. The summed E-state index contributed by atoms with van der Waals surface area (Å²) < 4.78 is 15.3. The molecule has 0 radical (unpaired) electrons. The molecule has 1 amide bonds. The third-order valence-electron chi connectivity index (χ3n) is 6.68. The summed E-state index contributed by atoms with van der Waals surface area (Å²) in [4.78, 5) is 17.3. The Bertz CT molecular complexity index is 846.